The number of carboxylic acid groups (broad SMARTS) is 1. The Morgan fingerprint density at radius 1 is 1.58 bits per heavy atom. The zero-order valence-electron chi connectivity index (χ0n) is 11.0. The van der Waals surface area contributed by atoms with Crippen molar-refractivity contribution in [3.63, 3.8) is 0 Å². The van der Waals surface area contributed by atoms with Crippen molar-refractivity contribution >= 4 is 11.7 Å². The van der Waals surface area contributed by atoms with Crippen molar-refractivity contribution in [2.24, 2.45) is 22.9 Å². The molecule has 2 aliphatic carbocycles. The molecule has 6 heteroatoms. The van der Waals surface area contributed by atoms with Gasteiger partial charge in [0, 0.05) is 5.92 Å². The van der Waals surface area contributed by atoms with Crippen LogP contribution >= 0.6 is 0 Å². The fourth-order valence-corrected chi connectivity index (χ4v) is 3.13. The van der Waals surface area contributed by atoms with E-state index in [0.29, 0.717) is 12.8 Å². The molecule has 2 rings (SSSR count). The molecule has 0 spiro atoms. The first-order chi connectivity index (χ1) is 8.99. The molecule has 3 N–H and O–H groups in total. The molecule has 0 aromatic heterocycles. The molecular weight excluding hydrogens is 250 g/mol. The van der Waals surface area contributed by atoms with Gasteiger partial charge in [-0.25, -0.2) is 4.79 Å². The lowest BCUT2D eigenvalue weighted by molar-refractivity contribution is -0.142. The van der Waals surface area contributed by atoms with E-state index in [2.05, 4.69) is 5.16 Å². The maximum atomic E-state index is 10.3. The molecule has 2 fully saturated rings. The van der Waals surface area contributed by atoms with E-state index in [-0.39, 0.29) is 30.0 Å². The zero-order valence-corrected chi connectivity index (χ0v) is 11.0. The molecule has 0 amide bonds. The third kappa shape index (κ3) is 3.25. The predicted molar refractivity (Wildman–Crippen MR) is 67.6 cm³/mol. The molecule has 0 bridgehead atoms. The lowest BCUT2D eigenvalue weighted by atomic mass is 9.73. The van der Waals surface area contributed by atoms with Crippen LogP contribution in [-0.4, -0.2) is 45.8 Å². The summed E-state index contributed by atoms with van der Waals surface area (Å²) >= 11 is 0. The molecule has 0 aromatic rings. The molecule has 19 heavy (non-hydrogen) atoms. The Morgan fingerprint density at radius 3 is 2.95 bits per heavy atom. The molecule has 5 unspecified atom stereocenters. The summed E-state index contributed by atoms with van der Waals surface area (Å²) in [6, 6.07) is 0. The molecule has 0 saturated heterocycles. The van der Waals surface area contributed by atoms with E-state index in [1.807, 2.05) is 0 Å². The number of hydrogen-bond donors (Lipinski definition) is 3. The molecule has 0 aliphatic heterocycles. The Balaban J connectivity index is 1.82. The average Bonchev–Trinajstić information content (AvgIpc) is 2.54. The number of aliphatic carboxylic acids is 1. The van der Waals surface area contributed by atoms with Gasteiger partial charge in [-0.05, 0) is 44.4 Å². The summed E-state index contributed by atoms with van der Waals surface area (Å²) < 4.78 is 0. The molecular formula is C13H21NO5. The summed E-state index contributed by atoms with van der Waals surface area (Å²) in [7, 11) is 0. The number of aliphatic hydroxyl groups is 2. The molecule has 5 atom stereocenters. The summed E-state index contributed by atoms with van der Waals surface area (Å²) in [4.78, 5) is 15.1. The largest absolute Gasteiger partial charge is 0.479 e. The molecule has 6 nitrogen and oxygen atoms in total. The van der Waals surface area contributed by atoms with Crippen molar-refractivity contribution in [2.45, 2.75) is 44.8 Å². The second-order valence-corrected chi connectivity index (χ2v) is 5.64. The fourth-order valence-electron chi connectivity index (χ4n) is 3.13. The van der Waals surface area contributed by atoms with E-state index >= 15 is 0 Å². The van der Waals surface area contributed by atoms with Crippen LogP contribution in [0.3, 0.4) is 0 Å². The van der Waals surface area contributed by atoms with Crippen molar-refractivity contribution in [1.29, 1.82) is 0 Å². The highest BCUT2D eigenvalue weighted by atomic mass is 16.6. The van der Waals surface area contributed by atoms with Crippen molar-refractivity contribution < 1.29 is 25.0 Å². The molecule has 2 aliphatic rings. The minimum Gasteiger partial charge on any atom is -0.479 e. The normalized spacial score (nSPS) is 36.7. The van der Waals surface area contributed by atoms with E-state index in [0.717, 1.165) is 18.6 Å². The van der Waals surface area contributed by atoms with Crippen LogP contribution in [0.15, 0.2) is 5.16 Å². The molecule has 0 aromatic carbocycles. The topological polar surface area (TPSA) is 99.4 Å². The van der Waals surface area contributed by atoms with Crippen molar-refractivity contribution in [1.82, 2.24) is 0 Å². The van der Waals surface area contributed by atoms with Crippen molar-refractivity contribution in [3.05, 3.63) is 0 Å². The van der Waals surface area contributed by atoms with Gasteiger partial charge in [0.05, 0.1) is 17.9 Å². The number of carboxylic acids is 1. The van der Waals surface area contributed by atoms with E-state index < -0.39 is 12.6 Å². The van der Waals surface area contributed by atoms with Gasteiger partial charge in [-0.15, -0.1) is 0 Å². The first-order valence-electron chi connectivity index (χ1n) is 6.75. The number of hydrogen-bond acceptors (Lipinski definition) is 5. The SMILES string of the molecule is CC(O)CCC1CC2C(=NOCC(=O)O)CC2C1O. The van der Waals surface area contributed by atoms with Crippen molar-refractivity contribution in [2.75, 3.05) is 6.61 Å². The second-order valence-electron chi connectivity index (χ2n) is 5.64. The summed E-state index contributed by atoms with van der Waals surface area (Å²) in [5.74, 6) is -0.382. The van der Waals surface area contributed by atoms with Crippen LogP contribution < -0.4 is 0 Å². The Bertz CT molecular complexity index is 368. The molecule has 108 valence electrons. The van der Waals surface area contributed by atoms with Crippen LogP contribution in [0.5, 0.6) is 0 Å². The quantitative estimate of drug-likeness (QED) is 0.615. The highest BCUT2D eigenvalue weighted by Gasteiger charge is 2.51. The molecule has 0 radical (unpaired) electrons. The Hall–Kier alpha value is -1.14. The van der Waals surface area contributed by atoms with E-state index in [9.17, 15) is 15.0 Å². The zero-order chi connectivity index (χ0) is 14.0. The first kappa shape index (κ1) is 14.3. The van der Waals surface area contributed by atoms with Gasteiger partial charge in [-0.3, -0.25) is 0 Å². The lowest BCUT2D eigenvalue weighted by Gasteiger charge is -2.33. The maximum Gasteiger partial charge on any atom is 0.344 e. The first-order valence-corrected chi connectivity index (χ1v) is 6.75. The van der Waals surface area contributed by atoms with Crippen LogP contribution in [0.4, 0.5) is 0 Å². The van der Waals surface area contributed by atoms with E-state index in [4.69, 9.17) is 9.94 Å². The number of nitrogens with zero attached hydrogens (tertiary/aromatic N) is 1. The van der Waals surface area contributed by atoms with Gasteiger partial charge in [0.15, 0.2) is 0 Å². The number of fused-ring (bicyclic) bond motifs is 1. The number of aliphatic hydroxyl groups excluding tert-OH is 2. The minimum atomic E-state index is -1.04. The standard InChI is InChI=1S/C13H21NO5/c1-7(15)2-3-8-4-9-10(13(8)18)5-11(9)14-19-6-12(16)17/h7-10,13,15,18H,2-6H2,1H3,(H,16,17). The van der Waals surface area contributed by atoms with Gasteiger partial charge >= 0.3 is 5.97 Å². The third-order valence-electron chi connectivity index (χ3n) is 4.19. The van der Waals surface area contributed by atoms with Crippen LogP contribution in [-0.2, 0) is 9.63 Å². The summed E-state index contributed by atoms with van der Waals surface area (Å²) in [5, 5.41) is 31.7. The molecule has 2 saturated carbocycles. The lowest BCUT2D eigenvalue weighted by Crippen LogP contribution is -2.38. The van der Waals surface area contributed by atoms with E-state index in [1.54, 1.807) is 6.92 Å². The fraction of sp³-hybridized carbons (Fsp3) is 0.846. The van der Waals surface area contributed by atoms with Crippen LogP contribution in [0.1, 0.15) is 32.6 Å². The van der Waals surface area contributed by atoms with Crippen LogP contribution in [0, 0.1) is 17.8 Å². The van der Waals surface area contributed by atoms with Gasteiger partial charge < -0.3 is 20.2 Å². The van der Waals surface area contributed by atoms with Crippen LogP contribution in [0.25, 0.3) is 0 Å². The highest BCUT2D eigenvalue weighted by molar-refractivity contribution is 5.93. The van der Waals surface area contributed by atoms with Gasteiger partial charge in [0.25, 0.3) is 0 Å². The second kappa shape index (κ2) is 5.88. The summed E-state index contributed by atoms with van der Waals surface area (Å²) in [5.41, 5.74) is 0.866. The maximum absolute atomic E-state index is 10.3. The third-order valence-corrected chi connectivity index (χ3v) is 4.19. The van der Waals surface area contributed by atoms with Gasteiger partial charge in [0.2, 0.25) is 6.61 Å². The Labute approximate surface area is 112 Å². The van der Waals surface area contributed by atoms with Crippen molar-refractivity contribution in [3.8, 4) is 0 Å². The summed E-state index contributed by atoms with van der Waals surface area (Å²) in [6.07, 6.45) is 2.39. The Kier molecular flexibility index (Phi) is 4.42. The van der Waals surface area contributed by atoms with Crippen LogP contribution in [0.2, 0.25) is 0 Å². The van der Waals surface area contributed by atoms with Gasteiger partial charge in [0.1, 0.15) is 0 Å². The number of oxime groups is 1. The number of carbonyl (C=O) groups is 1. The molecule has 0 heterocycles. The monoisotopic (exact) mass is 271 g/mol. The van der Waals surface area contributed by atoms with Gasteiger partial charge in [-0.1, -0.05) is 5.16 Å². The minimum absolute atomic E-state index is 0.205. The van der Waals surface area contributed by atoms with E-state index in [1.165, 1.54) is 0 Å². The predicted octanol–water partition coefficient (Wildman–Crippen LogP) is 0.622. The number of rotatable bonds is 6. The average molecular weight is 271 g/mol. The van der Waals surface area contributed by atoms with Gasteiger partial charge in [-0.2, -0.15) is 0 Å². The summed E-state index contributed by atoms with van der Waals surface area (Å²) in [6.45, 7) is 1.33. The smallest absolute Gasteiger partial charge is 0.344 e. The Morgan fingerprint density at radius 2 is 2.32 bits per heavy atom. The highest BCUT2D eigenvalue weighted by Crippen LogP contribution is 2.49.